The normalized spacial score (nSPS) is 16.9. The first kappa shape index (κ1) is 18.6. The minimum absolute atomic E-state index is 0.00187. The van der Waals surface area contributed by atoms with Crippen molar-refractivity contribution in [3.8, 4) is 0 Å². The maximum absolute atomic E-state index is 12.7. The van der Waals surface area contributed by atoms with Crippen LogP contribution < -0.4 is 10.2 Å². The van der Waals surface area contributed by atoms with Crippen molar-refractivity contribution >= 4 is 39.1 Å². The van der Waals surface area contributed by atoms with Crippen molar-refractivity contribution in [3.05, 3.63) is 57.1 Å². The van der Waals surface area contributed by atoms with Gasteiger partial charge in [-0.15, -0.1) is 0 Å². The zero-order valence-electron chi connectivity index (χ0n) is 15.5. The highest BCUT2D eigenvalue weighted by molar-refractivity contribution is 9.10. The van der Waals surface area contributed by atoms with E-state index in [0.29, 0.717) is 6.54 Å². The number of nitrogens with zero attached hydrogens (tertiary/aromatic N) is 1. The molecule has 3 rings (SSSR count). The molecule has 2 aromatic carbocycles. The summed E-state index contributed by atoms with van der Waals surface area (Å²) in [6.07, 6.45) is 0.244. The maximum atomic E-state index is 12.7. The van der Waals surface area contributed by atoms with Gasteiger partial charge in [0.2, 0.25) is 11.8 Å². The van der Waals surface area contributed by atoms with Crippen molar-refractivity contribution < 1.29 is 9.59 Å². The number of carbonyl (C=O) groups is 2. The standard InChI is InChI=1S/C21H23BrN2O2/c1-12-5-6-13(2)18(7-12)24-11-16(10-19(24)25)21(26)23-17-8-14(3)20(22)15(4)9-17/h5-9,16H,10-11H2,1-4H3,(H,23,26)/t16-/m0/s1. The molecular formula is C21H23BrN2O2. The van der Waals surface area contributed by atoms with Crippen LogP contribution in [0.3, 0.4) is 0 Å². The van der Waals surface area contributed by atoms with E-state index in [2.05, 4.69) is 21.2 Å². The van der Waals surface area contributed by atoms with Gasteiger partial charge < -0.3 is 10.2 Å². The number of anilines is 2. The van der Waals surface area contributed by atoms with E-state index in [0.717, 1.165) is 38.1 Å². The van der Waals surface area contributed by atoms with Crippen LogP contribution >= 0.6 is 15.9 Å². The smallest absolute Gasteiger partial charge is 0.229 e. The van der Waals surface area contributed by atoms with Gasteiger partial charge in [0, 0.05) is 28.8 Å². The van der Waals surface area contributed by atoms with E-state index in [4.69, 9.17) is 0 Å². The molecule has 136 valence electrons. The topological polar surface area (TPSA) is 49.4 Å². The summed E-state index contributed by atoms with van der Waals surface area (Å²) in [5.74, 6) is -0.444. The quantitative estimate of drug-likeness (QED) is 0.792. The monoisotopic (exact) mass is 414 g/mol. The third-order valence-corrected chi connectivity index (χ3v) is 6.11. The van der Waals surface area contributed by atoms with E-state index >= 15 is 0 Å². The molecule has 2 amide bonds. The Morgan fingerprint density at radius 3 is 2.38 bits per heavy atom. The van der Waals surface area contributed by atoms with E-state index in [1.54, 1.807) is 4.90 Å². The molecule has 0 saturated carbocycles. The van der Waals surface area contributed by atoms with Crippen LogP contribution in [-0.2, 0) is 9.59 Å². The summed E-state index contributed by atoms with van der Waals surface area (Å²) in [6, 6.07) is 9.93. The molecule has 2 aromatic rings. The van der Waals surface area contributed by atoms with Crippen LogP contribution in [0, 0.1) is 33.6 Å². The molecule has 1 heterocycles. The highest BCUT2D eigenvalue weighted by atomic mass is 79.9. The molecule has 1 atom stereocenters. The van der Waals surface area contributed by atoms with Crippen LogP contribution in [-0.4, -0.2) is 18.4 Å². The summed E-state index contributed by atoms with van der Waals surface area (Å²) in [6.45, 7) is 8.40. The van der Waals surface area contributed by atoms with E-state index < -0.39 is 0 Å². The molecular weight excluding hydrogens is 392 g/mol. The van der Waals surface area contributed by atoms with Gasteiger partial charge >= 0.3 is 0 Å². The summed E-state index contributed by atoms with van der Waals surface area (Å²) >= 11 is 3.54. The fourth-order valence-corrected chi connectivity index (χ4v) is 3.62. The third-order valence-electron chi connectivity index (χ3n) is 4.86. The van der Waals surface area contributed by atoms with Crippen LogP contribution in [0.5, 0.6) is 0 Å². The summed E-state index contributed by atoms with van der Waals surface area (Å²) in [5, 5.41) is 2.97. The summed E-state index contributed by atoms with van der Waals surface area (Å²) in [5.41, 5.74) is 5.96. The number of nitrogens with one attached hydrogen (secondary N) is 1. The third kappa shape index (κ3) is 3.68. The van der Waals surface area contributed by atoms with Gasteiger partial charge in [-0.3, -0.25) is 9.59 Å². The van der Waals surface area contributed by atoms with Gasteiger partial charge in [0.1, 0.15) is 0 Å². The predicted octanol–water partition coefficient (Wildman–Crippen LogP) is 4.67. The van der Waals surface area contributed by atoms with E-state index in [1.807, 2.05) is 58.0 Å². The van der Waals surface area contributed by atoms with E-state index in [9.17, 15) is 9.59 Å². The first-order valence-electron chi connectivity index (χ1n) is 8.71. The molecule has 1 saturated heterocycles. The van der Waals surface area contributed by atoms with Gasteiger partial charge in [0.25, 0.3) is 0 Å². The van der Waals surface area contributed by atoms with Gasteiger partial charge in [-0.2, -0.15) is 0 Å². The van der Waals surface area contributed by atoms with Crippen molar-refractivity contribution in [1.29, 1.82) is 0 Å². The van der Waals surface area contributed by atoms with E-state index in [1.165, 1.54) is 0 Å². The van der Waals surface area contributed by atoms with Gasteiger partial charge in [0.15, 0.2) is 0 Å². The zero-order valence-corrected chi connectivity index (χ0v) is 17.1. The largest absolute Gasteiger partial charge is 0.326 e. The highest BCUT2D eigenvalue weighted by Gasteiger charge is 2.35. The molecule has 0 bridgehead atoms. The lowest BCUT2D eigenvalue weighted by Crippen LogP contribution is -2.28. The zero-order chi connectivity index (χ0) is 19.0. The van der Waals surface area contributed by atoms with Gasteiger partial charge in [-0.25, -0.2) is 0 Å². The first-order valence-corrected chi connectivity index (χ1v) is 9.51. The lowest BCUT2D eigenvalue weighted by molar-refractivity contribution is -0.122. The number of aryl methyl sites for hydroxylation is 4. The second-order valence-electron chi connectivity index (χ2n) is 7.11. The molecule has 5 heteroatoms. The Hall–Kier alpha value is -2.14. The molecule has 1 aliphatic heterocycles. The second kappa shape index (κ2) is 7.23. The second-order valence-corrected chi connectivity index (χ2v) is 7.90. The molecule has 1 fully saturated rings. The van der Waals surface area contributed by atoms with Gasteiger partial charge in [-0.1, -0.05) is 28.1 Å². The van der Waals surface area contributed by atoms with Crippen molar-refractivity contribution in [2.24, 2.45) is 5.92 Å². The highest BCUT2D eigenvalue weighted by Crippen LogP contribution is 2.30. The Labute approximate surface area is 162 Å². The van der Waals surface area contributed by atoms with Crippen LogP contribution in [0.1, 0.15) is 28.7 Å². The molecule has 1 aliphatic rings. The number of hydrogen-bond acceptors (Lipinski definition) is 2. The van der Waals surface area contributed by atoms with Crippen molar-refractivity contribution in [2.45, 2.75) is 34.1 Å². The summed E-state index contributed by atoms with van der Waals surface area (Å²) in [4.78, 5) is 26.9. The SMILES string of the molecule is Cc1ccc(C)c(N2C[C@@H](C(=O)Nc3cc(C)c(Br)c(C)c3)CC2=O)c1. The Morgan fingerprint density at radius 2 is 1.73 bits per heavy atom. The average Bonchev–Trinajstić information content (AvgIpc) is 2.96. The predicted molar refractivity (Wildman–Crippen MR) is 109 cm³/mol. The van der Waals surface area contributed by atoms with Crippen LogP contribution in [0.2, 0.25) is 0 Å². The molecule has 1 N–H and O–H groups in total. The molecule has 0 unspecified atom stereocenters. The van der Waals surface area contributed by atoms with Crippen molar-refractivity contribution in [1.82, 2.24) is 0 Å². The number of carbonyl (C=O) groups excluding carboxylic acids is 2. The van der Waals surface area contributed by atoms with Crippen LogP contribution in [0.4, 0.5) is 11.4 Å². The summed E-state index contributed by atoms with van der Waals surface area (Å²) in [7, 11) is 0. The minimum atomic E-state index is -0.341. The Morgan fingerprint density at radius 1 is 1.08 bits per heavy atom. The minimum Gasteiger partial charge on any atom is -0.326 e. The number of amides is 2. The molecule has 0 aromatic heterocycles. The van der Waals surface area contributed by atoms with Crippen LogP contribution in [0.15, 0.2) is 34.8 Å². The molecule has 4 nitrogen and oxygen atoms in total. The van der Waals surface area contributed by atoms with Crippen molar-refractivity contribution in [3.63, 3.8) is 0 Å². The van der Waals surface area contributed by atoms with Crippen LogP contribution in [0.25, 0.3) is 0 Å². The molecule has 26 heavy (non-hydrogen) atoms. The van der Waals surface area contributed by atoms with E-state index in [-0.39, 0.29) is 24.2 Å². The number of hydrogen-bond donors (Lipinski definition) is 1. The Kier molecular flexibility index (Phi) is 5.19. The lowest BCUT2D eigenvalue weighted by atomic mass is 10.1. The average molecular weight is 415 g/mol. The lowest BCUT2D eigenvalue weighted by Gasteiger charge is -2.20. The fraction of sp³-hybridized carbons (Fsp3) is 0.333. The van der Waals surface area contributed by atoms with Gasteiger partial charge in [-0.05, 0) is 68.1 Å². The number of rotatable bonds is 3. The Bertz CT molecular complexity index is 869. The fourth-order valence-electron chi connectivity index (χ4n) is 3.39. The first-order chi connectivity index (χ1) is 12.3. The molecule has 0 radical (unpaired) electrons. The van der Waals surface area contributed by atoms with Gasteiger partial charge in [0.05, 0.1) is 5.92 Å². The maximum Gasteiger partial charge on any atom is 0.229 e. The molecule has 0 spiro atoms. The Balaban J connectivity index is 1.76. The summed E-state index contributed by atoms with van der Waals surface area (Å²) < 4.78 is 1.05. The number of benzene rings is 2. The molecule has 0 aliphatic carbocycles. The van der Waals surface area contributed by atoms with Crippen molar-refractivity contribution in [2.75, 3.05) is 16.8 Å². The number of halogens is 1.